The van der Waals surface area contributed by atoms with Crippen LogP contribution < -0.4 is 10.1 Å². The van der Waals surface area contributed by atoms with Gasteiger partial charge in [-0.25, -0.2) is 0 Å². The Morgan fingerprint density at radius 2 is 2.26 bits per heavy atom. The van der Waals surface area contributed by atoms with E-state index in [1.54, 1.807) is 6.07 Å². The number of phenolic OH excluding ortho intramolecular Hbond substituents is 1. The van der Waals surface area contributed by atoms with Crippen LogP contribution in [0.15, 0.2) is 17.7 Å². The molecule has 3 N–H and O–H groups in total. The number of rotatable bonds is 7. The van der Waals surface area contributed by atoms with Gasteiger partial charge >= 0.3 is 5.69 Å². The van der Waals surface area contributed by atoms with Crippen LogP contribution in [0.2, 0.25) is 0 Å². The van der Waals surface area contributed by atoms with Gasteiger partial charge < -0.3 is 20.3 Å². The number of aromatic hydroxyl groups is 1. The summed E-state index contributed by atoms with van der Waals surface area (Å²) in [6.45, 7) is 0.0840. The number of nitriles is 1. The largest absolute Gasteiger partial charge is 0.500 e. The number of aliphatic hydroxyl groups is 1. The van der Waals surface area contributed by atoms with Gasteiger partial charge in [-0.2, -0.15) is 5.26 Å². The second-order valence-corrected chi connectivity index (χ2v) is 4.35. The van der Waals surface area contributed by atoms with Crippen LogP contribution in [0, 0.1) is 21.4 Å². The van der Waals surface area contributed by atoms with Gasteiger partial charge in [0.15, 0.2) is 5.75 Å². The van der Waals surface area contributed by atoms with Gasteiger partial charge in [-0.1, -0.05) is 0 Å². The predicted octanol–water partition coefficient (Wildman–Crippen LogP) is 0.715. The number of nitro benzene ring substituents is 1. The number of ether oxygens (including phenoxy) is 1. The highest BCUT2D eigenvalue weighted by Gasteiger charge is 2.20. The Balaban J connectivity index is 3.18. The summed E-state index contributed by atoms with van der Waals surface area (Å²) in [5.74, 6) is -1.46. The molecular formula is C14H15N3O6. The van der Waals surface area contributed by atoms with Gasteiger partial charge in [0.2, 0.25) is 5.75 Å². The molecule has 0 aliphatic heterocycles. The van der Waals surface area contributed by atoms with E-state index in [2.05, 4.69) is 5.32 Å². The molecule has 0 saturated carbocycles. The molecule has 1 amide bonds. The van der Waals surface area contributed by atoms with Crippen LogP contribution in [0.3, 0.4) is 0 Å². The molecule has 0 radical (unpaired) electrons. The fourth-order valence-electron chi connectivity index (χ4n) is 1.68. The van der Waals surface area contributed by atoms with Crippen molar-refractivity contribution in [3.8, 4) is 17.6 Å². The van der Waals surface area contributed by atoms with E-state index in [-0.39, 0.29) is 30.0 Å². The summed E-state index contributed by atoms with van der Waals surface area (Å²) in [4.78, 5) is 21.9. The Kier molecular flexibility index (Phi) is 6.51. The number of nitro groups is 1. The molecule has 23 heavy (non-hydrogen) atoms. The first-order valence-corrected chi connectivity index (χ1v) is 6.50. The maximum atomic E-state index is 11.8. The number of carbonyl (C=O) groups is 1. The second kappa shape index (κ2) is 8.35. The van der Waals surface area contributed by atoms with Crippen molar-refractivity contribution in [2.45, 2.75) is 6.42 Å². The van der Waals surface area contributed by atoms with Crippen LogP contribution in [0.4, 0.5) is 5.69 Å². The molecule has 0 fully saturated rings. The van der Waals surface area contributed by atoms with Crippen molar-refractivity contribution in [1.82, 2.24) is 5.32 Å². The summed E-state index contributed by atoms with van der Waals surface area (Å²) in [5, 5.41) is 40.7. The molecule has 0 aromatic heterocycles. The smallest absolute Gasteiger partial charge is 0.315 e. The van der Waals surface area contributed by atoms with Crippen molar-refractivity contribution in [3.05, 3.63) is 33.4 Å². The maximum Gasteiger partial charge on any atom is 0.315 e. The molecule has 0 heterocycles. The normalized spacial score (nSPS) is 10.7. The number of hydrogen-bond donors (Lipinski definition) is 3. The molecule has 1 aromatic carbocycles. The summed E-state index contributed by atoms with van der Waals surface area (Å²) in [7, 11) is 1.22. The lowest BCUT2D eigenvalue weighted by Gasteiger charge is -2.06. The number of benzene rings is 1. The van der Waals surface area contributed by atoms with Crippen LogP contribution in [0.25, 0.3) is 6.08 Å². The number of amides is 1. The van der Waals surface area contributed by atoms with E-state index < -0.39 is 22.3 Å². The molecular weight excluding hydrogens is 306 g/mol. The Bertz CT molecular complexity index is 678. The molecule has 0 aliphatic carbocycles. The van der Waals surface area contributed by atoms with Gasteiger partial charge in [0.05, 0.1) is 12.0 Å². The Hall–Kier alpha value is -3.12. The van der Waals surface area contributed by atoms with Gasteiger partial charge in [-0.3, -0.25) is 14.9 Å². The van der Waals surface area contributed by atoms with Crippen molar-refractivity contribution in [3.63, 3.8) is 0 Å². The molecule has 0 bridgehead atoms. The number of phenols is 1. The highest BCUT2D eigenvalue weighted by molar-refractivity contribution is 6.01. The average molecular weight is 321 g/mol. The Labute approximate surface area is 131 Å². The monoisotopic (exact) mass is 321 g/mol. The third-order valence-corrected chi connectivity index (χ3v) is 2.79. The maximum absolute atomic E-state index is 11.8. The summed E-state index contributed by atoms with van der Waals surface area (Å²) in [5.41, 5.74) is -0.723. The fraction of sp³-hybridized carbons (Fsp3) is 0.286. The lowest BCUT2D eigenvalue weighted by molar-refractivity contribution is -0.386. The molecule has 0 saturated heterocycles. The minimum atomic E-state index is -0.803. The van der Waals surface area contributed by atoms with Crippen LogP contribution >= 0.6 is 0 Å². The standard InChI is InChI=1S/C14H15N3O6/c1-23-12-7-9(6-11(13(12)19)17(21)22)5-10(8-15)14(20)16-3-2-4-18/h5-7,18-19H,2-4H2,1H3,(H,16,20)/b10-5-. The van der Waals surface area contributed by atoms with Crippen LogP contribution in [0.5, 0.6) is 11.5 Å². The number of carbonyl (C=O) groups excluding carboxylic acids is 1. The first-order valence-electron chi connectivity index (χ1n) is 6.50. The summed E-state index contributed by atoms with van der Waals surface area (Å²) < 4.78 is 4.84. The van der Waals surface area contributed by atoms with E-state index >= 15 is 0 Å². The van der Waals surface area contributed by atoms with Crippen LogP contribution in [-0.2, 0) is 4.79 Å². The fourth-order valence-corrected chi connectivity index (χ4v) is 1.68. The Morgan fingerprint density at radius 3 is 2.78 bits per heavy atom. The predicted molar refractivity (Wildman–Crippen MR) is 79.6 cm³/mol. The number of nitrogens with zero attached hydrogens (tertiary/aromatic N) is 2. The third kappa shape index (κ3) is 4.69. The van der Waals surface area contributed by atoms with E-state index in [0.717, 1.165) is 12.1 Å². The molecule has 0 unspecified atom stereocenters. The minimum absolute atomic E-state index is 0.104. The van der Waals surface area contributed by atoms with Crippen LogP contribution in [-0.4, -0.2) is 41.3 Å². The third-order valence-electron chi connectivity index (χ3n) is 2.79. The zero-order valence-corrected chi connectivity index (χ0v) is 12.3. The number of nitrogens with one attached hydrogen (secondary N) is 1. The second-order valence-electron chi connectivity index (χ2n) is 4.35. The summed E-state index contributed by atoms with van der Waals surface area (Å²) >= 11 is 0. The average Bonchev–Trinajstić information content (AvgIpc) is 2.53. The molecule has 122 valence electrons. The van der Waals surface area contributed by atoms with Gasteiger partial charge in [0, 0.05) is 19.2 Å². The molecule has 1 aromatic rings. The molecule has 9 nitrogen and oxygen atoms in total. The van der Waals surface area contributed by atoms with E-state index in [1.165, 1.54) is 13.2 Å². The van der Waals surface area contributed by atoms with Crippen molar-refractivity contribution < 1.29 is 24.7 Å². The van der Waals surface area contributed by atoms with E-state index in [4.69, 9.17) is 15.1 Å². The van der Waals surface area contributed by atoms with Gasteiger partial charge in [-0.15, -0.1) is 0 Å². The van der Waals surface area contributed by atoms with E-state index in [1.807, 2.05) is 0 Å². The lowest BCUT2D eigenvalue weighted by atomic mass is 10.1. The SMILES string of the molecule is COc1cc(/C=C(/C#N)C(=O)NCCCO)cc([N+](=O)[O-])c1O. The van der Waals surface area contributed by atoms with E-state index in [0.29, 0.717) is 6.42 Å². The molecule has 1 rings (SSSR count). The lowest BCUT2D eigenvalue weighted by Crippen LogP contribution is -2.26. The molecule has 0 spiro atoms. The zero-order chi connectivity index (χ0) is 17.4. The Morgan fingerprint density at radius 1 is 1.57 bits per heavy atom. The zero-order valence-electron chi connectivity index (χ0n) is 12.3. The minimum Gasteiger partial charge on any atom is -0.500 e. The van der Waals surface area contributed by atoms with Crippen molar-refractivity contribution in [2.24, 2.45) is 0 Å². The topological polar surface area (TPSA) is 146 Å². The summed E-state index contributed by atoms with van der Waals surface area (Å²) in [6.07, 6.45) is 1.48. The molecule has 0 aliphatic rings. The van der Waals surface area contributed by atoms with Crippen LogP contribution in [0.1, 0.15) is 12.0 Å². The van der Waals surface area contributed by atoms with Crippen molar-refractivity contribution >= 4 is 17.7 Å². The van der Waals surface area contributed by atoms with E-state index in [9.17, 15) is 20.0 Å². The van der Waals surface area contributed by atoms with Gasteiger partial charge in [0.25, 0.3) is 5.91 Å². The highest BCUT2D eigenvalue weighted by Crippen LogP contribution is 2.37. The van der Waals surface area contributed by atoms with Crippen molar-refractivity contribution in [2.75, 3.05) is 20.3 Å². The van der Waals surface area contributed by atoms with Crippen molar-refractivity contribution in [1.29, 1.82) is 5.26 Å². The first-order chi connectivity index (χ1) is 10.9. The van der Waals surface area contributed by atoms with Gasteiger partial charge in [0.1, 0.15) is 11.6 Å². The molecule has 0 atom stereocenters. The quantitative estimate of drug-likeness (QED) is 0.220. The first kappa shape index (κ1) is 17.9. The summed E-state index contributed by atoms with van der Waals surface area (Å²) in [6, 6.07) is 3.98. The molecule has 9 heteroatoms. The number of methoxy groups -OCH3 is 1. The number of aliphatic hydroxyl groups excluding tert-OH is 1. The van der Waals surface area contributed by atoms with Gasteiger partial charge in [-0.05, 0) is 24.1 Å². The number of hydrogen-bond acceptors (Lipinski definition) is 7. The highest BCUT2D eigenvalue weighted by atomic mass is 16.6.